The van der Waals surface area contributed by atoms with Crippen LogP contribution in [-0.2, 0) is 4.74 Å². The van der Waals surface area contributed by atoms with Crippen molar-refractivity contribution in [2.24, 2.45) is 0 Å². The van der Waals surface area contributed by atoms with E-state index >= 15 is 0 Å². The zero-order valence-corrected chi connectivity index (χ0v) is 14.8. The molecule has 5 heteroatoms. The van der Waals surface area contributed by atoms with E-state index in [0.29, 0.717) is 6.04 Å². The van der Waals surface area contributed by atoms with E-state index in [1.54, 1.807) is 17.7 Å². The first-order chi connectivity index (χ1) is 11.7. The van der Waals surface area contributed by atoms with E-state index < -0.39 is 0 Å². The molecule has 0 radical (unpaired) electrons. The fourth-order valence-electron chi connectivity index (χ4n) is 3.27. The Morgan fingerprint density at radius 2 is 1.88 bits per heavy atom. The number of ether oxygens (including phenoxy) is 1. The Bertz CT molecular complexity index is 837. The van der Waals surface area contributed by atoms with Crippen molar-refractivity contribution in [3.63, 3.8) is 0 Å². The van der Waals surface area contributed by atoms with Gasteiger partial charge in [0.1, 0.15) is 6.33 Å². The van der Waals surface area contributed by atoms with Crippen LogP contribution in [-0.4, -0.2) is 41.2 Å². The van der Waals surface area contributed by atoms with Crippen LogP contribution in [0.5, 0.6) is 0 Å². The van der Waals surface area contributed by atoms with Crippen LogP contribution < -0.4 is 0 Å². The molecule has 1 atom stereocenters. The van der Waals surface area contributed by atoms with Crippen LogP contribution >= 0.6 is 11.3 Å². The molecule has 2 aromatic heterocycles. The number of aryl methyl sites for hydroxylation is 1. The normalized spacial score (nSPS) is 17.2. The Morgan fingerprint density at radius 3 is 2.62 bits per heavy atom. The monoisotopic (exact) mass is 339 g/mol. The third kappa shape index (κ3) is 2.83. The van der Waals surface area contributed by atoms with E-state index in [1.807, 2.05) is 0 Å². The summed E-state index contributed by atoms with van der Waals surface area (Å²) >= 11 is 1.72. The highest BCUT2D eigenvalue weighted by Crippen LogP contribution is 2.32. The topological polar surface area (TPSA) is 38.2 Å². The summed E-state index contributed by atoms with van der Waals surface area (Å²) in [6.45, 7) is 8.04. The highest BCUT2D eigenvalue weighted by Gasteiger charge is 2.18. The largest absolute Gasteiger partial charge is 0.379 e. The first-order valence-electron chi connectivity index (χ1n) is 8.35. The molecule has 1 saturated heterocycles. The van der Waals surface area contributed by atoms with Gasteiger partial charge in [0.15, 0.2) is 0 Å². The second kappa shape index (κ2) is 6.59. The first-order valence-corrected chi connectivity index (χ1v) is 9.23. The van der Waals surface area contributed by atoms with Gasteiger partial charge in [0.25, 0.3) is 0 Å². The summed E-state index contributed by atoms with van der Waals surface area (Å²) in [5, 5.41) is 2.15. The van der Waals surface area contributed by atoms with Crippen LogP contribution in [0.3, 0.4) is 0 Å². The van der Waals surface area contributed by atoms with E-state index in [1.165, 1.54) is 15.8 Å². The summed E-state index contributed by atoms with van der Waals surface area (Å²) in [6.07, 6.45) is 1.67. The quantitative estimate of drug-likeness (QED) is 0.721. The van der Waals surface area contributed by atoms with E-state index in [9.17, 15) is 0 Å². The van der Waals surface area contributed by atoms with E-state index in [2.05, 4.69) is 58.4 Å². The fraction of sp³-hybridized carbons (Fsp3) is 0.368. The maximum Gasteiger partial charge on any atom is 0.116 e. The third-order valence-electron chi connectivity index (χ3n) is 4.79. The highest BCUT2D eigenvalue weighted by molar-refractivity contribution is 7.17. The summed E-state index contributed by atoms with van der Waals surface area (Å²) in [6, 6.07) is 9.23. The lowest BCUT2D eigenvalue weighted by Crippen LogP contribution is -2.37. The number of benzene rings is 1. The van der Waals surface area contributed by atoms with E-state index in [4.69, 9.17) is 4.74 Å². The van der Waals surface area contributed by atoms with Crippen molar-refractivity contribution in [3.05, 3.63) is 47.1 Å². The zero-order valence-electron chi connectivity index (χ0n) is 14.0. The summed E-state index contributed by atoms with van der Waals surface area (Å²) in [5.41, 5.74) is 5.81. The summed E-state index contributed by atoms with van der Waals surface area (Å²) in [5.74, 6) is 0. The fourth-order valence-corrected chi connectivity index (χ4v) is 4.28. The van der Waals surface area contributed by atoms with Gasteiger partial charge in [-0.05, 0) is 30.4 Å². The van der Waals surface area contributed by atoms with Gasteiger partial charge < -0.3 is 4.74 Å². The van der Waals surface area contributed by atoms with Crippen LogP contribution in [0.2, 0.25) is 0 Å². The first kappa shape index (κ1) is 15.7. The summed E-state index contributed by atoms with van der Waals surface area (Å²) < 4.78 is 6.62. The van der Waals surface area contributed by atoms with Crippen LogP contribution in [0.25, 0.3) is 21.5 Å². The molecule has 4 rings (SSSR count). The summed E-state index contributed by atoms with van der Waals surface area (Å²) in [7, 11) is 0. The number of thiophene rings is 1. The second-order valence-corrected chi connectivity index (χ2v) is 7.14. The van der Waals surface area contributed by atoms with Crippen molar-refractivity contribution in [3.8, 4) is 11.3 Å². The van der Waals surface area contributed by atoms with Crippen molar-refractivity contribution in [1.82, 2.24) is 14.9 Å². The number of hydrogen-bond donors (Lipinski definition) is 0. The zero-order chi connectivity index (χ0) is 16.5. The predicted octanol–water partition coefficient (Wildman–Crippen LogP) is 4.06. The molecule has 4 nitrogen and oxygen atoms in total. The van der Waals surface area contributed by atoms with Crippen LogP contribution in [0.15, 0.2) is 36.0 Å². The molecule has 1 aliphatic heterocycles. The minimum absolute atomic E-state index is 0.414. The number of morpholine rings is 1. The Morgan fingerprint density at radius 1 is 1.12 bits per heavy atom. The van der Waals surface area contributed by atoms with Gasteiger partial charge in [-0.15, -0.1) is 11.3 Å². The Kier molecular flexibility index (Phi) is 4.31. The predicted molar refractivity (Wildman–Crippen MR) is 98.4 cm³/mol. The molecule has 3 aromatic rings. The van der Waals surface area contributed by atoms with Crippen molar-refractivity contribution < 1.29 is 4.74 Å². The smallest absolute Gasteiger partial charge is 0.116 e. The van der Waals surface area contributed by atoms with Gasteiger partial charge in [0.2, 0.25) is 0 Å². The molecule has 1 unspecified atom stereocenters. The molecule has 1 fully saturated rings. The highest BCUT2D eigenvalue weighted by atomic mass is 32.1. The van der Waals surface area contributed by atoms with Gasteiger partial charge in [-0.1, -0.05) is 24.3 Å². The summed E-state index contributed by atoms with van der Waals surface area (Å²) in [4.78, 5) is 11.4. The average Bonchev–Trinajstić information content (AvgIpc) is 3.03. The molecular formula is C19H21N3OS. The molecule has 0 bridgehead atoms. The van der Waals surface area contributed by atoms with Gasteiger partial charge in [-0.25, -0.2) is 9.97 Å². The SMILES string of the molecule is Cc1csc2c(-c3ccc(C(C)N4CCOCC4)cc3)ncnc12. The Hall–Kier alpha value is -1.82. The van der Waals surface area contributed by atoms with Crippen molar-refractivity contribution in [1.29, 1.82) is 0 Å². The molecule has 1 aliphatic rings. The average molecular weight is 339 g/mol. The Balaban J connectivity index is 1.63. The molecule has 0 aliphatic carbocycles. The van der Waals surface area contributed by atoms with Gasteiger partial charge in [0.05, 0.1) is 29.1 Å². The van der Waals surface area contributed by atoms with Crippen molar-refractivity contribution in [2.75, 3.05) is 26.3 Å². The second-order valence-electron chi connectivity index (χ2n) is 6.27. The number of aromatic nitrogens is 2. The molecule has 0 spiro atoms. The van der Waals surface area contributed by atoms with Crippen LogP contribution in [0.4, 0.5) is 0 Å². The van der Waals surface area contributed by atoms with Gasteiger partial charge in [-0.2, -0.15) is 0 Å². The minimum Gasteiger partial charge on any atom is -0.379 e. The van der Waals surface area contributed by atoms with Gasteiger partial charge in [-0.3, -0.25) is 4.90 Å². The maximum atomic E-state index is 5.45. The number of nitrogens with zero attached hydrogens (tertiary/aromatic N) is 3. The number of fused-ring (bicyclic) bond motifs is 1. The molecule has 3 heterocycles. The number of hydrogen-bond acceptors (Lipinski definition) is 5. The van der Waals surface area contributed by atoms with Crippen molar-refractivity contribution >= 4 is 21.6 Å². The molecule has 1 aromatic carbocycles. The minimum atomic E-state index is 0.414. The lowest BCUT2D eigenvalue weighted by molar-refractivity contribution is 0.0198. The van der Waals surface area contributed by atoms with Crippen LogP contribution in [0.1, 0.15) is 24.1 Å². The maximum absolute atomic E-state index is 5.45. The van der Waals surface area contributed by atoms with Gasteiger partial charge in [0, 0.05) is 24.7 Å². The molecule has 0 N–H and O–H groups in total. The number of rotatable bonds is 3. The van der Waals surface area contributed by atoms with Gasteiger partial charge >= 0.3 is 0 Å². The van der Waals surface area contributed by atoms with Crippen LogP contribution in [0, 0.1) is 6.92 Å². The van der Waals surface area contributed by atoms with E-state index in [-0.39, 0.29) is 0 Å². The standard InChI is InChI=1S/C19H21N3OS/c1-13-11-24-19-17(13)20-12-21-18(19)16-5-3-15(4-6-16)14(2)22-7-9-23-10-8-22/h3-6,11-12,14H,7-10H2,1-2H3. The molecule has 0 saturated carbocycles. The molecule has 0 amide bonds. The molecular weight excluding hydrogens is 318 g/mol. The Labute approximate surface area is 146 Å². The lowest BCUT2D eigenvalue weighted by Gasteiger charge is -2.32. The third-order valence-corrected chi connectivity index (χ3v) is 5.88. The lowest BCUT2D eigenvalue weighted by atomic mass is 10.0. The van der Waals surface area contributed by atoms with Crippen molar-refractivity contribution in [2.45, 2.75) is 19.9 Å². The van der Waals surface area contributed by atoms with E-state index in [0.717, 1.165) is 43.1 Å². The molecule has 24 heavy (non-hydrogen) atoms. The molecule has 124 valence electrons.